The molecule has 0 saturated heterocycles. The van der Waals surface area contributed by atoms with Crippen molar-refractivity contribution in [2.45, 2.75) is 18.1 Å². The van der Waals surface area contributed by atoms with Gasteiger partial charge in [-0.3, -0.25) is 9.36 Å². The normalized spacial score (nSPS) is 10.8. The van der Waals surface area contributed by atoms with E-state index in [0.29, 0.717) is 29.1 Å². The average Bonchev–Trinajstić information content (AvgIpc) is 3.49. The summed E-state index contributed by atoms with van der Waals surface area (Å²) in [5, 5.41) is 13.0. The van der Waals surface area contributed by atoms with Gasteiger partial charge in [-0.05, 0) is 48.4 Å². The van der Waals surface area contributed by atoms with Crippen LogP contribution in [0.5, 0.6) is 5.75 Å². The van der Waals surface area contributed by atoms with Gasteiger partial charge in [0.25, 0.3) is 0 Å². The smallest absolute Gasteiger partial charge is 0.230 e. The number of nitrogens with zero attached hydrogens (tertiary/aromatic N) is 3. The van der Waals surface area contributed by atoms with E-state index in [1.807, 2.05) is 65.2 Å². The van der Waals surface area contributed by atoms with E-state index >= 15 is 0 Å². The minimum absolute atomic E-state index is 0.0653. The maximum atomic E-state index is 12.4. The Bertz CT molecular complexity index is 1190. The number of benzene rings is 2. The fraction of sp³-hybridized carbons (Fsp3) is 0.208. The molecule has 0 atom stereocenters. The third-order valence-electron chi connectivity index (χ3n) is 4.92. The number of rotatable bonds is 10. The molecule has 0 fully saturated rings. The predicted molar refractivity (Wildman–Crippen MR) is 129 cm³/mol. The number of carbonyl (C=O) groups is 1. The second kappa shape index (κ2) is 11.1. The molecule has 4 rings (SSSR count). The van der Waals surface area contributed by atoms with Gasteiger partial charge in [0.15, 0.2) is 11.0 Å². The molecule has 0 unspecified atom stereocenters. The topological polar surface area (TPSA) is 82.2 Å². The van der Waals surface area contributed by atoms with Gasteiger partial charge in [0.1, 0.15) is 11.5 Å². The van der Waals surface area contributed by atoms with Crippen LogP contribution in [0.3, 0.4) is 0 Å². The summed E-state index contributed by atoms with van der Waals surface area (Å²) in [4.78, 5) is 12.4. The SMILES string of the molecule is COc1cccc(-c2nnc(SCC(=O)NCCc3ccc(Cl)cc3)n2Cc2ccco2)c1. The molecule has 0 aliphatic carbocycles. The van der Waals surface area contributed by atoms with E-state index in [1.165, 1.54) is 11.8 Å². The Hall–Kier alpha value is -3.23. The lowest BCUT2D eigenvalue weighted by atomic mass is 10.1. The molecule has 4 aromatic rings. The molecule has 0 bridgehead atoms. The van der Waals surface area contributed by atoms with Crippen LogP contribution in [-0.4, -0.2) is 40.1 Å². The first-order valence-corrected chi connectivity index (χ1v) is 11.7. The number of thioether (sulfide) groups is 1. The number of ether oxygens (including phenoxy) is 1. The zero-order valence-electron chi connectivity index (χ0n) is 18.0. The summed E-state index contributed by atoms with van der Waals surface area (Å²) >= 11 is 7.25. The fourth-order valence-corrected chi connectivity index (χ4v) is 4.14. The zero-order valence-corrected chi connectivity index (χ0v) is 19.6. The highest BCUT2D eigenvalue weighted by molar-refractivity contribution is 7.99. The first kappa shape index (κ1) is 22.9. The Kier molecular flexibility index (Phi) is 7.70. The van der Waals surface area contributed by atoms with Crippen molar-refractivity contribution >= 4 is 29.3 Å². The van der Waals surface area contributed by atoms with Crippen molar-refractivity contribution in [2.24, 2.45) is 0 Å². The summed E-state index contributed by atoms with van der Waals surface area (Å²) in [7, 11) is 1.62. The summed E-state index contributed by atoms with van der Waals surface area (Å²) in [6.45, 7) is 1.00. The minimum atomic E-state index is -0.0653. The minimum Gasteiger partial charge on any atom is -0.497 e. The van der Waals surface area contributed by atoms with Crippen molar-refractivity contribution in [2.75, 3.05) is 19.4 Å². The van der Waals surface area contributed by atoms with E-state index in [-0.39, 0.29) is 11.7 Å². The first-order chi connectivity index (χ1) is 16.1. The van der Waals surface area contributed by atoms with Crippen molar-refractivity contribution < 1.29 is 13.9 Å². The molecule has 2 aromatic carbocycles. The van der Waals surface area contributed by atoms with Crippen LogP contribution in [0.25, 0.3) is 11.4 Å². The second-order valence-electron chi connectivity index (χ2n) is 7.22. The van der Waals surface area contributed by atoms with Gasteiger partial charge in [0.05, 0.1) is 25.7 Å². The van der Waals surface area contributed by atoms with Crippen molar-refractivity contribution in [3.63, 3.8) is 0 Å². The molecule has 1 N–H and O–H groups in total. The number of hydrogen-bond donors (Lipinski definition) is 1. The second-order valence-corrected chi connectivity index (χ2v) is 8.60. The van der Waals surface area contributed by atoms with Gasteiger partial charge in [-0.1, -0.05) is 47.6 Å². The third kappa shape index (κ3) is 6.18. The van der Waals surface area contributed by atoms with Crippen LogP contribution in [0.2, 0.25) is 5.02 Å². The van der Waals surface area contributed by atoms with Gasteiger partial charge in [0.2, 0.25) is 5.91 Å². The van der Waals surface area contributed by atoms with Crippen LogP contribution in [0.4, 0.5) is 0 Å². The average molecular weight is 483 g/mol. The molecule has 2 aromatic heterocycles. The zero-order chi connectivity index (χ0) is 23.0. The summed E-state index contributed by atoms with van der Waals surface area (Å²) < 4.78 is 12.8. The van der Waals surface area contributed by atoms with E-state index < -0.39 is 0 Å². The number of nitrogens with one attached hydrogen (secondary N) is 1. The Morgan fingerprint density at radius 3 is 2.76 bits per heavy atom. The van der Waals surface area contributed by atoms with Crippen molar-refractivity contribution in [1.82, 2.24) is 20.1 Å². The highest BCUT2D eigenvalue weighted by Gasteiger charge is 2.17. The molecule has 0 aliphatic heterocycles. The molecule has 1 amide bonds. The van der Waals surface area contributed by atoms with Gasteiger partial charge in [-0.25, -0.2) is 0 Å². The number of methoxy groups -OCH3 is 1. The van der Waals surface area contributed by atoms with Crippen LogP contribution in [0.15, 0.2) is 76.5 Å². The lowest BCUT2D eigenvalue weighted by molar-refractivity contribution is -0.118. The largest absolute Gasteiger partial charge is 0.497 e. The lowest BCUT2D eigenvalue weighted by Gasteiger charge is -2.10. The number of furan rings is 1. The Labute approximate surface area is 201 Å². The monoisotopic (exact) mass is 482 g/mol. The standard InChI is InChI=1S/C24H23ClN4O3S/c1-31-20-5-2-4-18(14-20)23-27-28-24(29(23)15-21-6-3-13-32-21)33-16-22(30)26-12-11-17-7-9-19(25)10-8-17/h2-10,13-14H,11-12,15-16H2,1H3,(H,26,30). The van der Waals surface area contributed by atoms with E-state index in [2.05, 4.69) is 15.5 Å². The molecule has 9 heteroatoms. The maximum Gasteiger partial charge on any atom is 0.230 e. The van der Waals surface area contributed by atoms with Crippen molar-refractivity contribution in [1.29, 1.82) is 0 Å². The third-order valence-corrected chi connectivity index (χ3v) is 6.14. The van der Waals surface area contributed by atoms with Gasteiger partial charge in [0, 0.05) is 17.1 Å². The van der Waals surface area contributed by atoms with Gasteiger partial charge in [-0.15, -0.1) is 10.2 Å². The van der Waals surface area contributed by atoms with E-state index in [1.54, 1.807) is 13.4 Å². The van der Waals surface area contributed by atoms with Crippen molar-refractivity contribution in [3.05, 3.63) is 83.3 Å². The Morgan fingerprint density at radius 1 is 1.15 bits per heavy atom. The van der Waals surface area contributed by atoms with Crippen molar-refractivity contribution in [3.8, 4) is 17.1 Å². The van der Waals surface area contributed by atoms with Crippen LogP contribution in [0.1, 0.15) is 11.3 Å². The summed E-state index contributed by atoms with van der Waals surface area (Å²) in [6, 6.07) is 19.0. The van der Waals surface area contributed by atoms with E-state index in [9.17, 15) is 4.79 Å². The summed E-state index contributed by atoms with van der Waals surface area (Å²) in [6.07, 6.45) is 2.37. The molecule has 7 nitrogen and oxygen atoms in total. The summed E-state index contributed by atoms with van der Waals surface area (Å²) in [5.41, 5.74) is 1.99. The highest BCUT2D eigenvalue weighted by Crippen LogP contribution is 2.27. The van der Waals surface area contributed by atoms with Gasteiger partial charge < -0.3 is 14.5 Å². The molecule has 2 heterocycles. The molecular weight excluding hydrogens is 460 g/mol. The number of aromatic nitrogens is 3. The number of carbonyl (C=O) groups excluding carboxylic acids is 1. The highest BCUT2D eigenvalue weighted by atomic mass is 35.5. The van der Waals surface area contributed by atoms with Gasteiger partial charge >= 0.3 is 0 Å². The van der Waals surface area contributed by atoms with E-state index in [0.717, 1.165) is 29.1 Å². The molecule has 0 spiro atoms. The Morgan fingerprint density at radius 2 is 2.00 bits per heavy atom. The molecule has 0 aliphatic rings. The number of halogens is 1. The Balaban J connectivity index is 1.42. The summed E-state index contributed by atoms with van der Waals surface area (Å²) in [5.74, 6) is 2.34. The molecule has 0 saturated carbocycles. The van der Waals surface area contributed by atoms with E-state index in [4.69, 9.17) is 20.8 Å². The van der Waals surface area contributed by atoms with Crippen LogP contribution in [0, 0.1) is 0 Å². The van der Waals surface area contributed by atoms with Crippen LogP contribution >= 0.6 is 23.4 Å². The molecular formula is C24H23ClN4O3S. The predicted octanol–water partition coefficient (Wildman–Crippen LogP) is 4.70. The first-order valence-electron chi connectivity index (χ1n) is 10.4. The van der Waals surface area contributed by atoms with Crippen LogP contribution in [-0.2, 0) is 17.8 Å². The lowest BCUT2D eigenvalue weighted by Crippen LogP contribution is -2.27. The number of amides is 1. The van der Waals surface area contributed by atoms with Crippen LogP contribution < -0.4 is 10.1 Å². The quantitative estimate of drug-likeness (QED) is 0.330. The molecule has 0 radical (unpaired) electrons. The fourth-order valence-electron chi connectivity index (χ4n) is 3.25. The molecule has 33 heavy (non-hydrogen) atoms. The number of hydrogen-bond acceptors (Lipinski definition) is 6. The molecule has 170 valence electrons. The maximum absolute atomic E-state index is 12.4. The van der Waals surface area contributed by atoms with Gasteiger partial charge in [-0.2, -0.15) is 0 Å².